The molecule has 0 bridgehead atoms. The fraction of sp³-hybridized carbons (Fsp3) is 0.562. The molecule has 124 valence electrons. The van der Waals surface area contributed by atoms with Crippen molar-refractivity contribution >= 4 is 17.3 Å². The fourth-order valence-electron chi connectivity index (χ4n) is 4.04. The van der Waals surface area contributed by atoms with E-state index in [0.717, 1.165) is 12.8 Å². The summed E-state index contributed by atoms with van der Waals surface area (Å²) < 4.78 is 5.38. The van der Waals surface area contributed by atoms with Gasteiger partial charge in [0.05, 0.1) is 16.9 Å². The SMILES string of the molecule is CCOc1cccc(N2C[C@@H]3CCC[C@@]3(C(=O)O)C2)c1[N+](=O)[O-]. The van der Waals surface area contributed by atoms with Crippen LogP contribution in [0, 0.1) is 21.4 Å². The minimum absolute atomic E-state index is 0.0513. The number of benzene rings is 1. The van der Waals surface area contributed by atoms with E-state index >= 15 is 0 Å². The molecule has 7 heteroatoms. The number of hydrogen-bond donors (Lipinski definition) is 1. The standard InChI is InChI=1S/C16H20N2O5/c1-2-23-13-7-3-6-12(14(13)18(21)22)17-9-11-5-4-8-16(11,10-17)15(19)20/h3,6-7,11H,2,4-5,8-10H2,1H3,(H,19,20)/t11-,16+/m0/s1. The number of carbonyl (C=O) groups is 1. The van der Waals surface area contributed by atoms with Gasteiger partial charge in [0, 0.05) is 13.1 Å². The van der Waals surface area contributed by atoms with Crippen molar-refractivity contribution in [1.29, 1.82) is 0 Å². The Kier molecular flexibility index (Phi) is 3.87. The van der Waals surface area contributed by atoms with Crippen LogP contribution < -0.4 is 9.64 Å². The normalized spacial score (nSPS) is 26.1. The van der Waals surface area contributed by atoms with E-state index in [9.17, 15) is 20.0 Å². The molecule has 1 aromatic rings. The van der Waals surface area contributed by atoms with Crippen molar-refractivity contribution in [1.82, 2.24) is 0 Å². The third-order valence-corrected chi connectivity index (χ3v) is 5.10. The minimum Gasteiger partial charge on any atom is -0.487 e. The van der Waals surface area contributed by atoms with Gasteiger partial charge in [-0.2, -0.15) is 0 Å². The van der Waals surface area contributed by atoms with E-state index in [0.29, 0.717) is 31.8 Å². The molecule has 0 aromatic heterocycles. The topological polar surface area (TPSA) is 92.9 Å². The first-order valence-electron chi connectivity index (χ1n) is 7.88. The molecule has 1 heterocycles. The maximum Gasteiger partial charge on any atom is 0.333 e. The molecule has 1 saturated carbocycles. The minimum atomic E-state index is -0.786. The Bertz CT molecular complexity index is 647. The number of nitro benzene ring substituents is 1. The number of ether oxygens (including phenoxy) is 1. The van der Waals surface area contributed by atoms with Crippen LogP contribution in [0.1, 0.15) is 26.2 Å². The lowest BCUT2D eigenvalue weighted by atomic mass is 9.81. The molecule has 23 heavy (non-hydrogen) atoms. The van der Waals surface area contributed by atoms with Crippen molar-refractivity contribution in [2.45, 2.75) is 26.2 Å². The van der Waals surface area contributed by atoms with E-state index in [1.807, 2.05) is 4.90 Å². The van der Waals surface area contributed by atoms with Gasteiger partial charge in [0.15, 0.2) is 5.75 Å². The first kappa shape index (κ1) is 15.6. The van der Waals surface area contributed by atoms with Crippen LogP contribution in [0.2, 0.25) is 0 Å². The zero-order valence-electron chi connectivity index (χ0n) is 13.0. The zero-order chi connectivity index (χ0) is 16.6. The molecule has 1 aromatic carbocycles. The Morgan fingerprint density at radius 1 is 1.57 bits per heavy atom. The molecule has 2 fully saturated rings. The second-order valence-electron chi connectivity index (χ2n) is 6.24. The lowest BCUT2D eigenvalue weighted by Gasteiger charge is -2.24. The molecule has 1 aliphatic heterocycles. The van der Waals surface area contributed by atoms with Crippen LogP contribution in [0.15, 0.2) is 18.2 Å². The highest BCUT2D eigenvalue weighted by Gasteiger charge is 2.55. The van der Waals surface area contributed by atoms with Gasteiger partial charge in [-0.25, -0.2) is 0 Å². The van der Waals surface area contributed by atoms with Crippen molar-refractivity contribution in [3.8, 4) is 5.75 Å². The average molecular weight is 320 g/mol. The van der Waals surface area contributed by atoms with Crippen LogP contribution in [-0.4, -0.2) is 35.7 Å². The first-order valence-corrected chi connectivity index (χ1v) is 7.88. The third kappa shape index (κ3) is 2.40. The molecule has 0 unspecified atom stereocenters. The number of anilines is 1. The number of aliphatic carboxylic acids is 1. The highest BCUT2D eigenvalue weighted by molar-refractivity contribution is 5.79. The summed E-state index contributed by atoms with van der Waals surface area (Å²) in [7, 11) is 0. The lowest BCUT2D eigenvalue weighted by Crippen LogP contribution is -2.35. The van der Waals surface area contributed by atoms with E-state index < -0.39 is 16.3 Å². The Morgan fingerprint density at radius 2 is 2.35 bits per heavy atom. The quantitative estimate of drug-likeness (QED) is 0.662. The molecule has 3 rings (SSSR count). The third-order valence-electron chi connectivity index (χ3n) is 5.10. The van der Waals surface area contributed by atoms with E-state index in [4.69, 9.17) is 4.74 Å². The summed E-state index contributed by atoms with van der Waals surface area (Å²) in [5.74, 6) is -0.502. The Morgan fingerprint density at radius 3 is 2.96 bits per heavy atom. The summed E-state index contributed by atoms with van der Waals surface area (Å²) in [6, 6.07) is 4.97. The monoisotopic (exact) mass is 320 g/mol. The molecular weight excluding hydrogens is 300 g/mol. The van der Waals surface area contributed by atoms with E-state index in [2.05, 4.69) is 0 Å². The van der Waals surface area contributed by atoms with Crippen molar-refractivity contribution in [3.63, 3.8) is 0 Å². The molecule has 0 radical (unpaired) electrons. The second kappa shape index (κ2) is 5.72. The lowest BCUT2D eigenvalue weighted by molar-refractivity contribution is -0.385. The molecule has 0 amide bonds. The van der Waals surface area contributed by atoms with Gasteiger partial charge in [-0.1, -0.05) is 12.5 Å². The van der Waals surface area contributed by atoms with Crippen molar-refractivity contribution in [3.05, 3.63) is 28.3 Å². The second-order valence-corrected chi connectivity index (χ2v) is 6.24. The molecule has 1 aliphatic carbocycles. The van der Waals surface area contributed by atoms with Crippen LogP contribution in [0.4, 0.5) is 11.4 Å². The number of nitro groups is 1. The van der Waals surface area contributed by atoms with E-state index in [-0.39, 0.29) is 17.4 Å². The number of carboxylic acids is 1. The van der Waals surface area contributed by atoms with Gasteiger partial charge in [0.1, 0.15) is 5.69 Å². The van der Waals surface area contributed by atoms with Crippen molar-refractivity contribution in [2.75, 3.05) is 24.6 Å². The predicted molar refractivity (Wildman–Crippen MR) is 83.9 cm³/mol. The largest absolute Gasteiger partial charge is 0.487 e. The van der Waals surface area contributed by atoms with Crippen LogP contribution in [-0.2, 0) is 4.79 Å². The van der Waals surface area contributed by atoms with Crippen molar-refractivity contribution in [2.24, 2.45) is 11.3 Å². The predicted octanol–water partition coefficient (Wildman–Crippen LogP) is 2.68. The summed E-state index contributed by atoms with van der Waals surface area (Å²) in [5.41, 5.74) is -0.388. The van der Waals surface area contributed by atoms with Crippen LogP contribution in [0.5, 0.6) is 5.75 Å². The van der Waals surface area contributed by atoms with Crippen LogP contribution in [0.3, 0.4) is 0 Å². The number of carboxylic acid groups (broad SMARTS) is 1. The van der Waals surface area contributed by atoms with Crippen LogP contribution in [0.25, 0.3) is 0 Å². The van der Waals surface area contributed by atoms with Gasteiger partial charge in [-0.15, -0.1) is 0 Å². The Balaban J connectivity index is 1.99. The van der Waals surface area contributed by atoms with Gasteiger partial charge in [-0.05, 0) is 37.8 Å². The number of para-hydroxylation sites is 1. The smallest absolute Gasteiger partial charge is 0.333 e. The summed E-state index contributed by atoms with van der Waals surface area (Å²) in [5, 5.41) is 21.2. The van der Waals surface area contributed by atoms with Crippen LogP contribution >= 0.6 is 0 Å². The number of hydrogen-bond acceptors (Lipinski definition) is 5. The van der Waals surface area contributed by atoms with Gasteiger partial charge in [-0.3, -0.25) is 14.9 Å². The first-order chi connectivity index (χ1) is 11.0. The highest BCUT2D eigenvalue weighted by atomic mass is 16.6. The molecule has 7 nitrogen and oxygen atoms in total. The fourth-order valence-corrected chi connectivity index (χ4v) is 4.04. The molecule has 2 atom stereocenters. The maximum atomic E-state index is 11.8. The number of rotatable bonds is 5. The highest BCUT2D eigenvalue weighted by Crippen LogP contribution is 2.51. The number of fused-ring (bicyclic) bond motifs is 1. The maximum absolute atomic E-state index is 11.8. The molecule has 1 saturated heterocycles. The molecule has 1 N–H and O–H groups in total. The van der Waals surface area contributed by atoms with E-state index in [1.54, 1.807) is 25.1 Å². The molecular formula is C16H20N2O5. The molecule has 2 aliphatic rings. The number of nitrogens with zero attached hydrogens (tertiary/aromatic N) is 2. The van der Waals surface area contributed by atoms with Gasteiger partial charge in [0.2, 0.25) is 0 Å². The summed E-state index contributed by atoms with van der Waals surface area (Å²) >= 11 is 0. The Labute approximate surface area is 134 Å². The zero-order valence-corrected chi connectivity index (χ0v) is 13.0. The van der Waals surface area contributed by atoms with Crippen molar-refractivity contribution < 1.29 is 19.6 Å². The summed E-state index contributed by atoms with van der Waals surface area (Å²) in [4.78, 5) is 24.7. The van der Waals surface area contributed by atoms with Gasteiger partial charge >= 0.3 is 11.7 Å². The van der Waals surface area contributed by atoms with E-state index in [1.165, 1.54) is 0 Å². The summed E-state index contributed by atoms with van der Waals surface area (Å²) in [6.45, 7) is 2.98. The van der Waals surface area contributed by atoms with Gasteiger partial charge in [0.25, 0.3) is 0 Å². The average Bonchev–Trinajstić information content (AvgIpc) is 3.04. The molecule has 0 spiro atoms. The van der Waals surface area contributed by atoms with Gasteiger partial charge < -0.3 is 14.7 Å². The summed E-state index contributed by atoms with van der Waals surface area (Å²) in [6.07, 6.45) is 2.41. The Hall–Kier alpha value is -2.31.